The fourth-order valence-corrected chi connectivity index (χ4v) is 3.54. The lowest BCUT2D eigenvalue weighted by Gasteiger charge is -2.11. The van der Waals surface area contributed by atoms with Crippen LogP contribution in [0.25, 0.3) is 32.7 Å². The molecule has 0 radical (unpaired) electrons. The van der Waals surface area contributed by atoms with Gasteiger partial charge >= 0.3 is 0 Å². The van der Waals surface area contributed by atoms with Gasteiger partial charge in [-0.1, -0.05) is 54.6 Å². The van der Waals surface area contributed by atoms with E-state index >= 15 is 0 Å². The third-order valence-corrected chi connectivity index (χ3v) is 4.73. The maximum absolute atomic E-state index is 5.95. The third-order valence-electron chi connectivity index (χ3n) is 4.73. The molecule has 0 unspecified atom stereocenters. The Balaban J connectivity index is 1.69. The van der Waals surface area contributed by atoms with Crippen LogP contribution in [0.3, 0.4) is 0 Å². The molecule has 27 heavy (non-hydrogen) atoms. The molecule has 0 atom stereocenters. The lowest BCUT2D eigenvalue weighted by molar-refractivity contribution is 1.06. The monoisotopic (exact) mass is 352 g/mol. The van der Waals surface area contributed by atoms with E-state index < -0.39 is 0 Å². The maximum atomic E-state index is 5.95. The number of nitrogen functional groups attached to an aromatic ring is 2. The Hall–Kier alpha value is -3.80. The van der Waals surface area contributed by atoms with Gasteiger partial charge in [0.2, 0.25) is 5.95 Å². The molecule has 6 nitrogen and oxygen atoms in total. The zero-order valence-corrected chi connectivity index (χ0v) is 14.4. The molecule has 0 aliphatic rings. The summed E-state index contributed by atoms with van der Waals surface area (Å²) < 4.78 is 0. The second-order valence-corrected chi connectivity index (χ2v) is 6.48. The van der Waals surface area contributed by atoms with Gasteiger partial charge in [-0.2, -0.15) is 9.97 Å². The lowest BCUT2D eigenvalue weighted by Crippen LogP contribution is -2.05. The molecule has 5 rings (SSSR count). The molecule has 0 aliphatic heterocycles. The van der Waals surface area contributed by atoms with Crippen molar-refractivity contribution in [3.05, 3.63) is 72.1 Å². The predicted molar refractivity (Wildman–Crippen MR) is 108 cm³/mol. The van der Waals surface area contributed by atoms with Crippen LogP contribution < -0.4 is 11.5 Å². The highest BCUT2D eigenvalue weighted by Crippen LogP contribution is 2.30. The Morgan fingerprint density at radius 3 is 2.37 bits per heavy atom. The largest absolute Gasteiger partial charge is 0.382 e. The Bertz CT molecular complexity index is 1330. The normalized spacial score (nSPS) is 11.4. The van der Waals surface area contributed by atoms with Gasteiger partial charge in [-0.15, -0.1) is 0 Å². The van der Waals surface area contributed by atoms with E-state index in [0.717, 1.165) is 5.69 Å². The maximum Gasteiger partial charge on any atom is 0.224 e. The summed E-state index contributed by atoms with van der Waals surface area (Å²) in [6, 6.07) is 19.0. The summed E-state index contributed by atoms with van der Waals surface area (Å²) in [4.78, 5) is 17.1. The molecule has 6 heteroatoms. The number of rotatable bonds is 2. The highest BCUT2D eigenvalue weighted by molar-refractivity contribution is 6.09. The molecular weight excluding hydrogens is 336 g/mol. The van der Waals surface area contributed by atoms with Gasteiger partial charge in [-0.3, -0.25) is 0 Å². The van der Waals surface area contributed by atoms with Crippen LogP contribution in [0.5, 0.6) is 0 Å². The highest BCUT2D eigenvalue weighted by Gasteiger charge is 2.11. The number of nitrogens with zero attached hydrogens (tertiary/aromatic N) is 4. The number of anilines is 2. The van der Waals surface area contributed by atoms with Crippen LogP contribution in [0.2, 0.25) is 0 Å². The second kappa shape index (κ2) is 5.88. The number of fused-ring (bicyclic) bond motifs is 4. The fourth-order valence-electron chi connectivity index (χ4n) is 3.54. The Labute approximate surface area is 154 Å². The van der Waals surface area contributed by atoms with Crippen LogP contribution in [-0.4, -0.2) is 19.9 Å². The van der Waals surface area contributed by atoms with E-state index in [9.17, 15) is 0 Å². The van der Waals surface area contributed by atoms with Crippen molar-refractivity contribution in [2.24, 2.45) is 0 Å². The van der Waals surface area contributed by atoms with Crippen LogP contribution in [0.4, 0.5) is 11.8 Å². The Morgan fingerprint density at radius 2 is 1.52 bits per heavy atom. The summed E-state index contributed by atoms with van der Waals surface area (Å²) in [6.07, 6.45) is 2.36. The van der Waals surface area contributed by atoms with Crippen LogP contribution >= 0.6 is 0 Å². The van der Waals surface area contributed by atoms with E-state index in [1.54, 1.807) is 6.20 Å². The number of aromatic nitrogens is 4. The topological polar surface area (TPSA) is 104 Å². The molecule has 0 saturated heterocycles. The van der Waals surface area contributed by atoms with Gasteiger partial charge in [-0.05, 0) is 27.1 Å². The average molecular weight is 352 g/mol. The molecule has 0 spiro atoms. The molecule has 0 fully saturated rings. The first kappa shape index (κ1) is 15.5. The molecular formula is C21H16N6. The van der Waals surface area contributed by atoms with E-state index in [1.807, 2.05) is 0 Å². The summed E-state index contributed by atoms with van der Waals surface area (Å²) in [5.41, 5.74) is 14.5. The van der Waals surface area contributed by atoms with Crippen molar-refractivity contribution in [1.82, 2.24) is 19.9 Å². The molecule has 2 heterocycles. The van der Waals surface area contributed by atoms with Crippen LogP contribution in [0, 0.1) is 0 Å². The molecule has 0 amide bonds. The highest BCUT2D eigenvalue weighted by atomic mass is 15.1. The molecule has 4 N–H and O–H groups in total. The van der Waals surface area contributed by atoms with Crippen LogP contribution in [0.15, 0.2) is 60.8 Å². The zero-order chi connectivity index (χ0) is 18.4. The third kappa shape index (κ3) is 2.58. The first-order valence-corrected chi connectivity index (χ1v) is 8.63. The average Bonchev–Trinajstić information content (AvgIpc) is 2.68. The second-order valence-electron chi connectivity index (χ2n) is 6.48. The summed E-state index contributed by atoms with van der Waals surface area (Å²) in [7, 11) is 0. The van der Waals surface area contributed by atoms with Crippen molar-refractivity contribution < 1.29 is 0 Å². The van der Waals surface area contributed by atoms with E-state index in [1.165, 1.54) is 27.1 Å². The van der Waals surface area contributed by atoms with Gasteiger partial charge in [0.15, 0.2) is 17.0 Å². The number of nitrogens with two attached hydrogens (primary N) is 2. The summed E-state index contributed by atoms with van der Waals surface area (Å²) in [5.74, 6) is 0.345. The summed E-state index contributed by atoms with van der Waals surface area (Å²) in [6.45, 7) is 0. The minimum atomic E-state index is 0.0996. The summed E-state index contributed by atoms with van der Waals surface area (Å²) >= 11 is 0. The lowest BCUT2D eigenvalue weighted by atomic mass is 9.95. The van der Waals surface area contributed by atoms with Crippen molar-refractivity contribution in [2.75, 3.05) is 11.5 Å². The molecule has 130 valence electrons. The van der Waals surface area contributed by atoms with Crippen molar-refractivity contribution in [3.8, 4) is 0 Å². The van der Waals surface area contributed by atoms with Crippen LogP contribution in [-0.2, 0) is 6.42 Å². The molecule has 0 bridgehead atoms. The number of benzene rings is 3. The van der Waals surface area contributed by atoms with Gasteiger partial charge < -0.3 is 11.5 Å². The quantitative estimate of drug-likeness (QED) is 0.471. The SMILES string of the molecule is Nc1nc(N)c2nc(Cc3cc4ccccc4c4ccccc34)cnc2n1. The van der Waals surface area contributed by atoms with E-state index in [4.69, 9.17) is 11.5 Å². The van der Waals surface area contributed by atoms with Crippen molar-refractivity contribution in [3.63, 3.8) is 0 Å². The van der Waals surface area contributed by atoms with Gasteiger partial charge in [-0.25, -0.2) is 9.97 Å². The van der Waals surface area contributed by atoms with Gasteiger partial charge in [0.1, 0.15) is 0 Å². The summed E-state index contributed by atoms with van der Waals surface area (Å²) in [5, 5.41) is 4.89. The standard InChI is InChI=1S/C21H16N6/c22-19-18-20(27-21(23)26-19)24-11-14(25-18)10-13-9-12-5-1-2-6-15(12)17-8-4-3-7-16(13)17/h1-9,11H,10H2,(H4,22,23,24,26,27). The van der Waals surface area contributed by atoms with Crippen LogP contribution in [0.1, 0.15) is 11.3 Å². The molecule has 3 aromatic carbocycles. The minimum absolute atomic E-state index is 0.0996. The molecule has 0 saturated carbocycles. The molecule has 5 aromatic rings. The van der Waals surface area contributed by atoms with Gasteiger partial charge in [0.25, 0.3) is 0 Å². The van der Waals surface area contributed by atoms with Crippen molar-refractivity contribution in [1.29, 1.82) is 0 Å². The van der Waals surface area contributed by atoms with E-state index in [2.05, 4.69) is 74.5 Å². The smallest absolute Gasteiger partial charge is 0.224 e. The Morgan fingerprint density at radius 1 is 0.778 bits per heavy atom. The molecule has 2 aromatic heterocycles. The first-order valence-electron chi connectivity index (χ1n) is 8.63. The number of hydrogen-bond acceptors (Lipinski definition) is 6. The Kier molecular flexibility index (Phi) is 3.36. The zero-order valence-electron chi connectivity index (χ0n) is 14.4. The van der Waals surface area contributed by atoms with Crippen molar-refractivity contribution >= 4 is 44.5 Å². The molecule has 0 aliphatic carbocycles. The first-order chi connectivity index (χ1) is 13.2. The fraction of sp³-hybridized carbons (Fsp3) is 0.0476. The van der Waals surface area contributed by atoms with E-state index in [-0.39, 0.29) is 11.8 Å². The van der Waals surface area contributed by atoms with Crippen molar-refractivity contribution in [2.45, 2.75) is 6.42 Å². The van der Waals surface area contributed by atoms with Gasteiger partial charge in [0.05, 0.1) is 11.9 Å². The van der Waals surface area contributed by atoms with E-state index in [0.29, 0.717) is 17.6 Å². The minimum Gasteiger partial charge on any atom is -0.382 e. The number of hydrogen-bond donors (Lipinski definition) is 2. The van der Waals surface area contributed by atoms with Gasteiger partial charge in [0, 0.05) is 6.42 Å². The predicted octanol–water partition coefficient (Wildman–Crippen LogP) is 3.48.